The number of amides is 1. The average Bonchev–Trinajstić information content (AvgIpc) is 3.01. The lowest BCUT2D eigenvalue weighted by Crippen LogP contribution is -2.41. The Morgan fingerprint density at radius 3 is 3.10 bits per heavy atom. The molecule has 1 amide bonds. The second kappa shape index (κ2) is 6.85. The fraction of sp³-hybridized carbons (Fsp3) is 0.412. The van der Waals surface area contributed by atoms with Crippen molar-refractivity contribution in [3.63, 3.8) is 0 Å². The van der Waals surface area contributed by atoms with Gasteiger partial charge in [-0.25, -0.2) is 0 Å². The number of hydrogen-bond acceptors (Lipinski definition) is 3. The topological polar surface area (TPSA) is 33.2 Å². The van der Waals surface area contributed by atoms with Crippen LogP contribution in [0.25, 0.3) is 0 Å². The highest BCUT2D eigenvalue weighted by Crippen LogP contribution is 2.21. The van der Waals surface area contributed by atoms with Crippen molar-refractivity contribution in [2.45, 2.75) is 25.7 Å². The molecule has 21 heavy (non-hydrogen) atoms. The molecule has 3 rings (SSSR count). The normalized spacial score (nSPS) is 18.7. The number of likely N-dealkylation sites (tertiary alicyclic amines) is 1. The monoisotopic (exact) mass is 300 g/mol. The number of pyridine rings is 1. The Kier molecular flexibility index (Phi) is 4.65. The van der Waals surface area contributed by atoms with Gasteiger partial charge in [-0.1, -0.05) is 12.1 Å². The number of thiophene rings is 1. The molecule has 0 aliphatic carbocycles. The van der Waals surface area contributed by atoms with Crippen molar-refractivity contribution in [1.82, 2.24) is 9.88 Å². The highest BCUT2D eigenvalue weighted by Gasteiger charge is 2.23. The van der Waals surface area contributed by atoms with E-state index in [-0.39, 0.29) is 5.91 Å². The summed E-state index contributed by atoms with van der Waals surface area (Å²) < 4.78 is 0. The molecule has 1 aliphatic heterocycles. The molecule has 0 N–H and O–H groups in total. The summed E-state index contributed by atoms with van der Waals surface area (Å²) in [5, 5.41) is 2.03. The van der Waals surface area contributed by atoms with E-state index >= 15 is 0 Å². The van der Waals surface area contributed by atoms with Gasteiger partial charge in [0, 0.05) is 30.4 Å². The summed E-state index contributed by atoms with van der Waals surface area (Å²) in [6.07, 6.45) is 7.64. The molecule has 2 aromatic heterocycles. The number of aromatic nitrogens is 1. The zero-order chi connectivity index (χ0) is 14.5. The van der Waals surface area contributed by atoms with Crippen LogP contribution in [0.4, 0.5) is 0 Å². The lowest BCUT2D eigenvalue weighted by molar-refractivity contribution is -0.132. The molecule has 2 aromatic rings. The van der Waals surface area contributed by atoms with Crippen molar-refractivity contribution in [1.29, 1.82) is 0 Å². The maximum Gasteiger partial charge on any atom is 0.227 e. The summed E-state index contributed by atoms with van der Waals surface area (Å²) in [5.41, 5.74) is 1.27. The number of nitrogens with zero attached hydrogens (tertiary/aromatic N) is 2. The molecule has 0 aromatic carbocycles. The zero-order valence-electron chi connectivity index (χ0n) is 12.1. The molecule has 0 saturated carbocycles. The summed E-state index contributed by atoms with van der Waals surface area (Å²) in [6, 6.07) is 8.16. The number of rotatable bonds is 4. The van der Waals surface area contributed by atoms with Gasteiger partial charge in [-0.3, -0.25) is 9.78 Å². The average molecular weight is 300 g/mol. The first kappa shape index (κ1) is 14.3. The Hall–Kier alpha value is -1.68. The van der Waals surface area contributed by atoms with E-state index < -0.39 is 0 Å². The zero-order valence-corrected chi connectivity index (χ0v) is 12.9. The van der Waals surface area contributed by atoms with Crippen LogP contribution >= 0.6 is 11.3 Å². The molecule has 0 unspecified atom stereocenters. The third-order valence-electron chi connectivity index (χ3n) is 4.02. The summed E-state index contributed by atoms with van der Waals surface area (Å²) in [6.45, 7) is 1.80. The van der Waals surface area contributed by atoms with Gasteiger partial charge in [0.2, 0.25) is 5.91 Å². The van der Waals surface area contributed by atoms with Gasteiger partial charge >= 0.3 is 0 Å². The Morgan fingerprint density at radius 1 is 1.38 bits per heavy atom. The van der Waals surface area contributed by atoms with Crippen LogP contribution in [-0.2, 0) is 17.6 Å². The summed E-state index contributed by atoms with van der Waals surface area (Å²) in [4.78, 5) is 19.8. The molecule has 3 heterocycles. The standard InChI is InChI=1S/C17H20N2OS/c20-17(11-16-6-3-9-21-16)19-8-2-5-15(13-19)10-14-4-1-7-18-12-14/h1,3-4,6-7,9,12,15H,2,5,8,10-11,13H2/t15-/m0/s1. The Labute approximate surface area is 129 Å². The lowest BCUT2D eigenvalue weighted by Gasteiger charge is -2.33. The minimum Gasteiger partial charge on any atom is -0.342 e. The van der Waals surface area contributed by atoms with Crippen molar-refractivity contribution >= 4 is 17.2 Å². The third-order valence-corrected chi connectivity index (χ3v) is 4.90. The third kappa shape index (κ3) is 3.91. The predicted molar refractivity (Wildman–Crippen MR) is 85.3 cm³/mol. The van der Waals surface area contributed by atoms with Crippen molar-refractivity contribution < 1.29 is 4.79 Å². The summed E-state index contributed by atoms with van der Waals surface area (Å²) in [7, 11) is 0. The molecule has 1 atom stereocenters. The van der Waals surface area contributed by atoms with Gasteiger partial charge in [0.25, 0.3) is 0 Å². The highest BCUT2D eigenvalue weighted by molar-refractivity contribution is 7.10. The van der Waals surface area contributed by atoms with Crippen molar-refractivity contribution in [2.24, 2.45) is 5.92 Å². The fourth-order valence-electron chi connectivity index (χ4n) is 2.98. The van der Waals surface area contributed by atoms with E-state index in [0.717, 1.165) is 30.8 Å². The van der Waals surface area contributed by atoms with Crippen LogP contribution < -0.4 is 0 Å². The van der Waals surface area contributed by atoms with Gasteiger partial charge in [0.05, 0.1) is 6.42 Å². The Balaban J connectivity index is 1.56. The van der Waals surface area contributed by atoms with E-state index in [0.29, 0.717) is 12.3 Å². The molecule has 110 valence electrons. The number of hydrogen-bond donors (Lipinski definition) is 0. The minimum atomic E-state index is 0.272. The van der Waals surface area contributed by atoms with E-state index in [1.807, 2.05) is 34.7 Å². The SMILES string of the molecule is O=C(Cc1cccs1)N1CCC[C@@H](Cc2cccnc2)C1. The van der Waals surface area contributed by atoms with Gasteiger partial charge in [-0.05, 0) is 48.3 Å². The van der Waals surface area contributed by atoms with Gasteiger partial charge in [0.15, 0.2) is 0 Å². The molecule has 0 bridgehead atoms. The first-order valence-electron chi connectivity index (χ1n) is 7.50. The second-order valence-electron chi connectivity index (χ2n) is 5.67. The summed E-state index contributed by atoms with van der Waals surface area (Å²) in [5.74, 6) is 0.837. The van der Waals surface area contributed by atoms with Crippen LogP contribution in [0.2, 0.25) is 0 Å². The van der Waals surface area contributed by atoms with E-state index in [9.17, 15) is 4.79 Å². The maximum atomic E-state index is 12.4. The first-order valence-corrected chi connectivity index (χ1v) is 8.38. The largest absolute Gasteiger partial charge is 0.342 e. The van der Waals surface area contributed by atoms with Crippen molar-refractivity contribution in [3.8, 4) is 0 Å². The van der Waals surface area contributed by atoms with Gasteiger partial charge in [-0.2, -0.15) is 0 Å². The Morgan fingerprint density at radius 2 is 2.33 bits per heavy atom. The first-order chi connectivity index (χ1) is 10.3. The van der Waals surface area contributed by atoms with E-state index in [4.69, 9.17) is 0 Å². The number of carbonyl (C=O) groups is 1. The van der Waals surface area contributed by atoms with Crippen molar-refractivity contribution in [3.05, 3.63) is 52.5 Å². The minimum absolute atomic E-state index is 0.272. The van der Waals surface area contributed by atoms with Gasteiger partial charge in [-0.15, -0.1) is 11.3 Å². The fourth-order valence-corrected chi connectivity index (χ4v) is 3.68. The van der Waals surface area contributed by atoms with Gasteiger partial charge in [0.1, 0.15) is 0 Å². The molecular weight excluding hydrogens is 280 g/mol. The molecule has 1 aliphatic rings. The molecule has 3 nitrogen and oxygen atoms in total. The Bertz CT molecular complexity index is 568. The molecular formula is C17H20N2OS. The van der Waals surface area contributed by atoms with Crippen LogP contribution in [0.1, 0.15) is 23.3 Å². The molecule has 1 fully saturated rings. The van der Waals surface area contributed by atoms with Crippen molar-refractivity contribution in [2.75, 3.05) is 13.1 Å². The molecule has 1 saturated heterocycles. The van der Waals surface area contributed by atoms with Crippen LogP contribution in [-0.4, -0.2) is 28.9 Å². The van der Waals surface area contributed by atoms with Crippen LogP contribution in [0.15, 0.2) is 42.0 Å². The van der Waals surface area contributed by atoms with Crippen LogP contribution in [0, 0.1) is 5.92 Å². The number of piperidine rings is 1. The lowest BCUT2D eigenvalue weighted by atomic mass is 9.91. The second-order valence-corrected chi connectivity index (χ2v) is 6.70. The molecule has 4 heteroatoms. The maximum absolute atomic E-state index is 12.4. The van der Waals surface area contributed by atoms with E-state index in [2.05, 4.69) is 11.1 Å². The summed E-state index contributed by atoms with van der Waals surface area (Å²) >= 11 is 1.66. The van der Waals surface area contributed by atoms with Gasteiger partial charge < -0.3 is 4.90 Å². The van der Waals surface area contributed by atoms with Crippen LogP contribution in [0.5, 0.6) is 0 Å². The quantitative estimate of drug-likeness (QED) is 0.869. The predicted octanol–water partition coefficient (Wildman–Crippen LogP) is 3.17. The smallest absolute Gasteiger partial charge is 0.227 e. The molecule has 0 radical (unpaired) electrons. The van der Waals surface area contributed by atoms with Crippen LogP contribution in [0.3, 0.4) is 0 Å². The van der Waals surface area contributed by atoms with E-state index in [1.165, 1.54) is 12.0 Å². The van der Waals surface area contributed by atoms with E-state index in [1.54, 1.807) is 17.5 Å². The molecule has 0 spiro atoms. The number of carbonyl (C=O) groups excluding carboxylic acids is 1. The highest BCUT2D eigenvalue weighted by atomic mass is 32.1.